The molecule has 0 aliphatic carbocycles. The summed E-state index contributed by atoms with van der Waals surface area (Å²) < 4.78 is 0. The highest BCUT2D eigenvalue weighted by Gasteiger charge is 2.42. The molecule has 0 saturated carbocycles. The number of hydrazine groups is 1. The summed E-state index contributed by atoms with van der Waals surface area (Å²) in [5.41, 5.74) is 0.439. The van der Waals surface area contributed by atoms with E-state index < -0.39 is 5.92 Å². The van der Waals surface area contributed by atoms with Crippen molar-refractivity contribution in [2.24, 2.45) is 5.92 Å². The number of rotatable bonds is 6. The monoisotopic (exact) mass is 286 g/mol. The third kappa shape index (κ3) is 3.39. The molecule has 0 aromatic carbocycles. The molecule has 5 nitrogen and oxygen atoms in total. The zero-order valence-corrected chi connectivity index (χ0v) is 11.9. The molecule has 110 valence electrons. The molecule has 2 amide bonds. The SMILES string of the molecule is C=C/C=C(\C=C)N1C(=O)C(C)C(=O)N1/C=C/C=C(/O)C=C. The van der Waals surface area contributed by atoms with Gasteiger partial charge in [0.25, 0.3) is 11.8 Å². The third-order valence-corrected chi connectivity index (χ3v) is 2.84. The van der Waals surface area contributed by atoms with Crippen LogP contribution < -0.4 is 0 Å². The highest BCUT2D eigenvalue weighted by Crippen LogP contribution is 2.25. The van der Waals surface area contributed by atoms with Crippen LogP contribution in [0.4, 0.5) is 0 Å². The number of aliphatic hydroxyl groups excluding tert-OH is 1. The van der Waals surface area contributed by atoms with Crippen molar-refractivity contribution in [3.63, 3.8) is 0 Å². The second-order valence-electron chi connectivity index (χ2n) is 4.22. The Kier molecular flexibility index (Phi) is 5.48. The maximum Gasteiger partial charge on any atom is 0.258 e. The van der Waals surface area contributed by atoms with Gasteiger partial charge in [-0.3, -0.25) is 9.59 Å². The lowest BCUT2D eigenvalue weighted by Crippen LogP contribution is -2.35. The molecular weight excluding hydrogens is 268 g/mol. The minimum absolute atomic E-state index is 0.0469. The molecule has 0 aromatic rings. The molecule has 1 aliphatic heterocycles. The van der Waals surface area contributed by atoms with E-state index in [9.17, 15) is 14.7 Å². The van der Waals surface area contributed by atoms with Crippen LogP contribution in [0.15, 0.2) is 73.8 Å². The van der Waals surface area contributed by atoms with Crippen LogP contribution in [-0.2, 0) is 9.59 Å². The molecule has 1 unspecified atom stereocenters. The number of carbonyl (C=O) groups is 2. The van der Waals surface area contributed by atoms with Crippen molar-refractivity contribution in [1.82, 2.24) is 10.0 Å². The number of hydrogen-bond acceptors (Lipinski definition) is 3. The molecule has 1 fully saturated rings. The Balaban J connectivity index is 3.18. The Morgan fingerprint density at radius 1 is 1.14 bits per heavy atom. The number of nitrogens with zero attached hydrogens (tertiary/aromatic N) is 2. The molecule has 0 spiro atoms. The standard InChI is InChI=1S/C16H18N2O3/c1-5-9-13(6-2)18-16(21)12(4)15(20)17(18)11-8-10-14(19)7-3/h5-12,19H,1-3H2,4H3/b11-8+,13-9+,14-10+. The van der Waals surface area contributed by atoms with E-state index in [4.69, 9.17) is 0 Å². The first-order chi connectivity index (χ1) is 9.97. The van der Waals surface area contributed by atoms with Gasteiger partial charge in [0.2, 0.25) is 0 Å². The predicted octanol–water partition coefficient (Wildman–Crippen LogP) is 2.61. The summed E-state index contributed by atoms with van der Waals surface area (Å²) in [4.78, 5) is 24.3. The van der Waals surface area contributed by atoms with E-state index in [0.717, 1.165) is 0 Å². The topological polar surface area (TPSA) is 60.9 Å². The number of carbonyl (C=O) groups excluding carboxylic acids is 2. The molecule has 1 N–H and O–H groups in total. The zero-order chi connectivity index (χ0) is 16.0. The van der Waals surface area contributed by atoms with Gasteiger partial charge in [0.1, 0.15) is 11.7 Å². The van der Waals surface area contributed by atoms with E-state index in [0.29, 0.717) is 5.70 Å². The third-order valence-electron chi connectivity index (χ3n) is 2.84. The van der Waals surface area contributed by atoms with Gasteiger partial charge in [0, 0.05) is 6.20 Å². The predicted molar refractivity (Wildman–Crippen MR) is 81.4 cm³/mol. The lowest BCUT2D eigenvalue weighted by Gasteiger charge is -2.25. The van der Waals surface area contributed by atoms with Gasteiger partial charge in [0.05, 0.1) is 5.70 Å². The molecule has 1 saturated heterocycles. The first-order valence-corrected chi connectivity index (χ1v) is 6.30. The Labute approximate surface area is 124 Å². The summed E-state index contributed by atoms with van der Waals surface area (Å²) in [5.74, 6) is -1.54. The van der Waals surface area contributed by atoms with Crippen molar-refractivity contribution in [2.45, 2.75) is 6.92 Å². The zero-order valence-electron chi connectivity index (χ0n) is 11.9. The van der Waals surface area contributed by atoms with Gasteiger partial charge in [-0.25, -0.2) is 10.0 Å². The minimum atomic E-state index is -0.778. The van der Waals surface area contributed by atoms with E-state index in [1.807, 2.05) is 0 Å². The van der Waals surface area contributed by atoms with Crippen molar-refractivity contribution in [1.29, 1.82) is 0 Å². The number of amides is 2. The van der Waals surface area contributed by atoms with Gasteiger partial charge in [-0.15, -0.1) is 0 Å². The summed E-state index contributed by atoms with van der Waals surface area (Å²) in [5, 5.41) is 11.7. The molecule has 0 bridgehead atoms. The van der Waals surface area contributed by atoms with E-state index in [1.54, 1.807) is 6.08 Å². The molecule has 1 heterocycles. The van der Waals surface area contributed by atoms with Crippen molar-refractivity contribution < 1.29 is 14.7 Å². The van der Waals surface area contributed by atoms with Crippen LogP contribution in [0.3, 0.4) is 0 Å². The normalized spacial score (nSPS) is 20.3. The fourth-order valence-corrected chi connectivity index (χ4v) is 1.72. The molecule has 1 aliphatic rings. The second-order valence-corrected chi connectivity index (χ2v) is 4.22. The Morgan fingerprint density at radius 3 is 2.33 bits per heavy atom. The maximum atomic E-state index is 12.2. The smallest absolute Gasteiger partial charge is 0.258 e. The van der Waals surface area contributed by atoms with Crippen LogP contribution in [0.5, 0.6) is 0 Å². The van der Waals surface area contributed by atoms with Crippen LogP contribution >= 0.6 is 0 Å². The average Bonchev–Trinajstić information content (AvgIpc) is 2.69. The second kappa shape index (κ2) is 7.09. The number of hydrogen-bond donors (Lipinski definition) is 1. The van der Waals surface area contributed by atoms with E-state index in [1.165, 1.54) is 53.5 Å². The van der Waals surface area contributed by atoms with Crippen molar-refractivity contribution in [2.75, 3.05) is 0 Å². The average molecular weight is 286 g/mol. The first-order valence-electron chi connectivity index (χ1n) is 6.30. The number of aliphatic hydroxyl groups is 1. The summed E-state index contributed by atoms with van der Waals surface area (Å²) in [6.07, 6.45) is 10.00. The maximum absolute atomic E-state index is 12.2. The fraction of sp³-hybridized carbons (Fsp3) is 0.125. The van der Waals surface area contributed by atoms with Gasteiger partial charge in [0.15, 0.2) is 0 Å². The van der Waals surface area contributed by atoms with Gasteiger partial charge in [-0.1, -0.05) is 25.8 Å². The lowest BCUT2D eigenvalue weighted by atomic mass is 10.2. The highest BCUT2D eigenvalue weighted by molar-refractivity contribution is 6.06. The van der Waals surface area contributed by atoms with E-state index in [-0.39, 0.29) is 17.6 Å². The Hall–Kier alpha value is -2.82. The van der Waals surface area contributed by atoms with Crippen LogP contribution in [0.2, 0.25) is 0 Å². The molecule has 5 heteroatoms. The van der Waals surface area contributed by atoms with Crippen LogP contribution in [-0.4, -0.2) is 26.9 Å². The molecule has 21 heavy (non-hydrogen) atoms. The van der Waals surface area contributed by atoms with Gasteiger partial charge >= 0.3 is 0 Å². The molecule has 1 atom stereocenters. The van der Waals surface area contributed by atoms with Gasteiger partial charge < -0.3 is 5.11 Å². The lowest BCUT2D eigenvalue weighted by molar-refractivity contribution is -0.137. The largest absolute Gasteiger partial charge is 0.508 e. The highest BCUT2D eigenvalue weighted by atomic mass is 16.3. The summed E-state index contributed by atoms with van der Waals surface area (Å²) in [7, 11) is 0. The first kappa shape index (κ1) is 16.2. The van der Waals surface area contributed by atoms with Crippen molar-refractivity contribution >= 4 is 11.8 Å². The summed E-state index contributed by atoms with van der Waals surface area (Å²) >= 11 is 0. The molecule has 1 rings (SSSR count). The molecular formula is C16H18N2O3. The van der Waals surface area contributed by atoms with Gasteiger partial charge in [-0.05, 0) is 37.3 Å². The Bertz CT molecular complexity index is 570. The summed E-state index contributed by atoms with van der Waals surface area (Å²) in [6.45, 7) is 12.1. The van der Waals surface area contributed by atoms with Crippen molar-refractivity contribution in [3.05, 3.63) is 73.8 Å². The molecule has 0 radical (unpaired) electrons. The van der Waals surface area contributed by atoms with Crippen LogP contribution in [0.25, 0.3) is 0 Å². The minimum Gasteiger partial charge on any atom is -0.508 e. The van der Waals surface area contributed by atoms with Gasteiger partial charge in [-0.2, -0.15) is 0 Å². The molecule has 0 aromatic heterocycles. The Morgan fingerprint density at radius 2 is 1.81 bits per heavy atom. The van der Waals surface area contributed by atoms with E-state index in [2.05, 4.69) is 19.7 Å². The van der Waals surface area contributed by atoms with E-state index >= 15 is 0 Å². The number of allylic oxidation sites excluding steroid dienone is 6. The van der Waals surface area contributed by atoms with Crippen LogP contribution in [0.1, 0.15) is 6.92 Å². The van der Waals surface area contributed by atoms with Crippen molar-refractivity contribution in [3.8, 4) is 0 Å². The van der Waals surface area contributed by atoms with Crippen LogP contribution in [0, 0.1) is 5.92 Å². The summed E-state index contributed by atoms with van der Waals surface area (Å²) in [6, 6.07) is 0. The fourth-order valence-electron chi connectivity index (χ4n) is 1.72. The quantitative estimate of drug-likeness (QED) is 0.464.